The molecule has 1 heterocycles. The third kappa shape index (κ3) is 1.69. The summed E-state index contributed by atoms with van der Waals surface area (Å²) in [6.45, 7) is 0. The molecule has 0 aliphatic carbocycles. The van der Waals surface area contributed by atoms with Gasteiger partial charge in [-0.1, -0.05) is 42.5 Å². The highest BCUT2D eigenvalue weighted by Crippen LogP contribution is 2.33. The summed E-state index contributed by atoms with van der Waals surface area (Å²) in [6.07, 6.45) is -1.78. The zero-order chi connectivity index (χ0) is 12.5. The van der Waals surface area contributed by atoms with Gasteiger partial charge >= 0.3 is 0 Å². The van der Waals surface area contributed by atoms with Crippen LogP contribution in [0.4, 0.5) is 0 Å². The lowest BCUT2D eigenvalue weighted by atomic mass is 9.99. The Morgan fingerprint density at radius 2 is 1.67 bits per heavy atom. The molecule has 0 bridgehead atoms. The van der Waals surface area contributed by atoms with E-state index in [0.29, 0.717) is 16.9 Å². The number of aliphatic hydroxyl groups excluding tert-OH is 1. The molecule has 0 amide bonds. The van der Waals surface area contributed by atoms with Crippen molar-refractivity contribution in [3.8, 4) is 5.75 Å². The number of ether oxygens (including phenoxy) is 1. The molecule has 1 N–H and O–H groups in total. The quantitative estimate of drug-likeness (QED) is 0.876. The lowest BCUT2D eigenvalue weighted by molar-refractivity contribution is 0.0407. The topological polar surface area (TPSA) is 46.5 Å². The maximum absolute atomic E-state index is 12.1. The maximum atomic E-state index is 12.1. The van der Waals surface area contributed by atoms with E-state index >= 15 is 0 Å². The molecule has 0 saturated heterocycles. The number of carbonyl (C=O) groups is 1. The molecule has 0 spiro atoms. The van der Waals surface area contributed by atoms with E-state index < -0.39 is 12.2 Å². The van der Waals surface area contributed by atoms with E-state index in [1.165, 1.54) is 0 Å². The van der Waals surface area contributed by atoms with Crippen molar-refractivity contribution in [3.63, 3.8) is 0 Å². The average molecular weight is 240 g/mol. The normalized spacial score (nSPS) is 19.2. The lowest BCUT2D eigenvalue weighted by Gasteiger charge is -2.16. The molecule has 0 aromatic heterocycles. The molecule has 3 nitrogen and oxygen atoms in total. The molecule has 90 valence electrons. The number of rotatable bonds is 2. The summed E-state index contributed by atoms with van der Waals surface area (Å²) in [5, 5.41) is 10.2. The Morgan fingerprint density at radius 1 is 1.00 bits per heavy atom. The van der Waals surface area contributed by atoms with Gasteiger partial charge in [0.05, 0.1) is 5.56 Å². The number of hydrogen-bond acceptors (Lipinski definition) is 3. The van der Waals surface area contributed by atoms with Gasteiger partial charge in [0.25, 0.3) is 0 Å². The number of ketones is 1. The van der Waals surface area contributed by atoms with Crippen LogP contribution in [0, 0.1) is 0 Å². The first-order valence-electron chi connectivity index (χ1n) is 5.80. The number of carbonyl (C=O) groups excluding carboxylic acids is 1. The van der Waals surface area contributed by atoms with Gasteiger partial charge in [0.15, 0.2) is 6.10 Å². The van der Waals surface area contributed by atoms with Gasteiger partial charge in [0.1, 0.15) is 11.9 Å². The minimum Gasteiger partial charge on any atom is -0.478 e. The third-order valence-corrected chi connectivity index (χ3v) is 3.09. The first kappa shape index (κ1) is 11.0. The van der Waals surface area contributed by atoms with Crippen LogP contribution in [-0.4, -0.2) is 17.0 Å². The van der Waals surface area contributed by atoms with Crippen LogP contribution in [0.2, 0.25) is 0 Å². The minimum absolute atomic E-state index is 0.165. The van der Waals surface area contributed by atoms with Crippen LogP contribution in [0.15, 0.2) is 54.6 Å². The van der Waals surface area contributed by atoms with E-state index in [0.717, 1.165) is 0 Å². The van der Waals surface area contributed by atoms with Crippen molar-refractivity contribution in [3.05, 3.63) is 65.7 Å². The molecule has 2 aromatic carbocycles. The Bertz CT molecular complexity index is 577. The molecule has 1 aliphatic rings. The van der Waals surface area contributed by atoms with Gasteiger partial charge < -0.3 is 9.84 Å². The highest BCUT2D eigenvalue weighted by atomic mass is 16.5. The molecule has 18 heavy (non-hydrogen) atoms. The molecule has 2 aromatic rings. The number of aliphatic hydroxyl groups is 1. The smallest absolute Gasteiger partial charge is 0.210 e. The zero-order valence-corrected chi connectivity index (χ0v) is 9.61. The highest BCUT2D eigenvalue weighted by molar-refractivity contribution is 6.04. The van der Waals surface area contributed by atoms with Crippen molar-refractivity contribution in [2.24, 2.45) is 0 Å². The van der Waals surface area contributed by atoms with Crippen LogP contribution >= 0.6 is 0 Å². The molecule has 1 aliphatic heterocycles. The molecule has 0 saturated carbocycles. The Morgan fingerprint density at radius 3 is 2.39 bits per heavy atom. The monoisotopic (exact) mass is 240 g/mol. The summed E-state index contributed by atoms with van der Waals surface area (Å²) in [4.78, 5) is 12.1. The molecular formula is C15H12O3. The second kappa shape index (κ2) is 4.27. The van der Waals surface area contributed by atoms with Gasteiger partial charge in [-0.2, -0.15) is 0 Å². The SMILES string of the molecule is O=C1c2ccccc2O[C@@H]1[C@@H](O)c1ccccc1. The van der Waals surface area contributed by atoms with E-state index in [-0.39, 0.29) is 5.78 Å². The molecule has 3 heteroatoms. The standard InChI is InChI=1S/C15H12O3/c16-13(10-6-2-1-3-7-10)15-14(17)11-8-4-5-9-12(11)18-15/h1-9,13,15-16H/t13-,15+/m0/s1. The second-order valence-electron chi connectivity index (χ2n) is 4.25. The maximum Gasteiger partial charge on any atom is 0.210 e. The Balaban J connectivity index is 1.91. The van der Waals surface area contributed by atoms with E-state index in [1.807, 2.05) is 24.3 Å². The molecule has 0 unspecified atom stereocenters. The van der Waals surface area contributed by atoms with Crippen molar-refractivity contribution in [2.75, 3.05) is 0 Å². The van der Waals surface area contributed by atoms with Gasteiger partial charge in [0.2, 0.25) is 5.78 Å². The van der Waals surface area contributed by atoms with E-state index in [4.69, 9.17) is 4.74 Å². The van der Waals surface area contributed by atoms with Gasteiger partial charge in [-0.25, -0.2) is 0 Å². The number of hydrogen-bond donors (Lipinski definition) is 1. The number of benzene rings is 2. The van der Waals surface area contributed by atoms with Crippen molar-refractivity contribution in [1.29, 1.82) is 0 Å². The van der Waals surface area contributed by atoms with Crippen molar-refractivity contribution >= 4 is 5.78 Å². The summed E-state index contributed by atoms with van der Waals surface area (Å²) in [5.74, 6) is 0.379. The summed E-state index contributed by atoms with van der Waals surface area (Å²) < 4.78 is 5.54. The summed E-state index contributed by atoms with van der Waals surface area (Å²) in [7, 11) is 0. The largest absolute Gasteiger partial charge is 0.478 e. The molecule has 3 rings (SSSR count). The third-order valence-electron chi connectivity index (χ3n) is 3.09. The fourth-order valence-electron chi connectivity index (χ4n) is 2.15. The van der Waals surface area contributed by atoms with E-state index in [9.17, 15) is 9.90 Å². The Hall–Kier alpha value is -2.13. The van der Waals surface area contributed by atoms with Crippen LogP contribution in [0.1, 0.15) is 22.0 Å². The highest BCUT2D eigenvalue weighted by Gasteiger charge is 2.37. The number of para-hydroxylation sites is 1. The van der Waals surface area contributed by atoms with Crippen molar-refractivity contribution in [2.45, 2.75) is 12.2 Å². The van der Waals surface area contributed by atoms with Crippen LogP contribution in [-0.2, 0) is 0 Å². The van der Waals surface area contributed by atoms with Crippen molar-refractivity contribution in [1.82, 2.24) is 0 Å². The van der Waals surface area contributed by atoms with Crippen LogP contribution in [0.3, 0.4) is 0 Å². The van der Waals surface area contributed by atoms with Crippen LogP contribution < -0.4 is 4.74 Å². The van der Waals surface area contributed by atoms with Crippen LogP contribution in [0.5, 0.6) is 5.75 Å². The second-order valence-corrected chi connectivity index (χ2v) is 4.25. The van der Waals surface area contributed by atoms with E-state index in [2.05, 4.69) is 0 Å². The summed E-state index contributed by atoms with van der Waals surface area (Å²) >= 11 is 0. The van der Waals surface area contributed by atoms with Gasteiger partial charge in [-0.15, -0.1) is 0 Å². The van der Waals surface area contributed by atoms with Gasteiger partial charge in [0, 0.05) is 0 Å². The minimum atomic E-state index is -0.939. The lowest BCUT2D eigenvalue weighted by Crippen LogP contribution is -2.28. The predicted molar refractivity (Wildman–Crippen MR) is 66.6 cm³/mol. The predicted octanol–water partition coefficient (Wildman–Crippen LogP) is 2.36. The zero-order valence-electron chi connectivity index (χ0n) is 9.61. The van der Waals surface area contributed by atoms with Gasteiger partial charge in [-0.3, -0.25) is 4.79 Å². The fraction of sp³-hybridized carbons (Fsp3) is 0.133. The van der Waals surface area contributed by atoms with E-state index in [1.54, 1.807) is 30.3 Å². The summed E-state index contributed by atoms with van der Waals surface area (Å²) in [5.41, 5.74) is 1.22. The fourth-order valence-corrected chi connectivity index (χ4v) is 2.15. The first-order valence-corrected chi connectivity index (χ1v) is 5.80. The first-order chi connectivity index (χ1) is 8.77. The van der Waals surface area contributed by atoms with Crippen molar-refractivity contribution < 1.29 is 14.6 Å². The Labute approximate surface area is 105 Å². The summed E-state index contributed by atoms with van der Waals surface area (Å²) in [6, 6.07) is 16.1. The van der Waals surface area contributed by atoms with Gasteiger partial charge in [-0.05, 0) is 17.7 Å². The molecule has 2 atom stereocenters. The Kier molecular flexibility index (Phi) is 2.61. The molecule has 0 fully saturated rings. The number of fused-ring (bicyclic) bond motifs is 1. The molecule has 0 radical (unpaired) electrons. The number of Topliss-reactive ketones (excluding diaryl/α,β-unsaturated/α-hetero) is 1. The average Bonchev–Trinajstić information content (AvgIpc) is 2.77. The van der Waals surface area contributed by atoms with Crippen LogP contribution in [0.25, 0.3) is 0 Å². The molecular weight excluding hydrogens is 228 g/mol.